The summed E-state index contributed by atoms with van der Waals surface area (Å²) in [4.78, 5) is 23.5. The Morgan fingerprint density at radius 1 is 1.17 bits per heavy atom. The van der Waals surface area contributed by atoms with Crippen molar-refractivity contribution in [3.63, 3.8) is 0 Å². The van der Waals surface area contributed by atoms with Crippen LogP contribution in [0, 0.1) is 0 Å². The smallest absolute Gasteiger partial charge is 0.252 e. The number of carbonyl (C=O) groups excluding carboxylic acids is 1. The van der Waals surface area contributed by atoms with Crippen molar-refractivity contribution in [3.05, 3.63) is 83.9 Å². The average Bonchev–Trinajstić information content (AvgIpc) is 3.40. The second-order valence-electron chi connectivity index (χ2n) is 6.46. The highest BCUT2D eigenvalue weighted by Gasteiger charge is 2.17. The first-order chi connectivity index (χ1) is 14.2. The molecule has 0 saturated heterocycles. The number of nitrogens with zero attached hydrogens (tertiary/aromatic N) is 4. The predicted molar refractivity (Wildman–Crippen MR) is 119 cm³/mol. The molecule has 4 rings (SSSR count). The fourth-order valence-electron chi connectivity index (χ4n) is 2.97. The summed E-state index contributed by atoms with van der Waals surface area (Å²) in [5.74, 6) is -0.116. The van der Waals surface area contributed by atoms with Crippen LogP contribution in [-0.4, -0.2) is 27.0 Å². The van der Waals surface area contributed by atoms with Crippen molar-refractivity contribution >= 4 is 50.3 Å². The van der Waals surface area contributed by atoms with Crippen LogP contribution in [0.5, 0.6) is 0 Å². The van der Waals surface area contributed by atoms with E-state index in [9.17, 15) is 4.79 Å². The number of amides is 1. The number of thiazole rings is 1. The van der Waals surface area contributed by atoms with Crippen LogP contribution in [-0.2, 0) is 11.3 Å². The van der Waals surface area contributed by atoms with Crippen molar-refractivity contribution in [2.45, 2.75) is 13.0 Å². The van der Waals surface area contributed by atoms with Crippen LogP contribution in [0.4, 0.5) is 5.13 Å². The van der Waals surface area contributed by atoms with E-state index in [4.69, 9.17) is 11.6 Å². The van der Waals surface area contributed by atoms with Crippen molar-refractivity contribution < 1.29 is 4.79 Å². The molecule has 0 atom stereocenters. The van der Waals surface area contributed by atoms with Gasteiger partial charge in [-0.15, -0.1) is 0 Å². The molecule has 0 N–H and O–H groups in total. The number of benzene rings is 2. The maximum absolute atomic E-state index is 13.0. The van der Waals surface area contributed by atoms with Crippen LogP contribution >= 0.6 is 22.9 Å². The van der Waals surface area contributed by atoms with E-state index in [0.29, 0.717) is 16.7 Å². The van der Waals surface area contributed by atoms with E-state index < -0.39 is 0 Å². The predicted octanol–water partition coefficient (Wildman–Crippen LogP) is 5.28. The molecule has 5 nitrogen and oxygen atoms in total. The van der Waals surface area contributed by atoms with E-state index in [0.717, 1.165) is 28.7 Å². The number of anilines is 1. The van der Waals surface area contributed by atoms with E-state index in [1.54, 1.807) is 29.6 Å². The fourth-order valence-corrected chi connectivity index (χ4v) is 4.16. The van der Waals surface area contributed by atoms with E-state index in [2.05, 4.69) is 9.97 Å². The molecule has 2 aromatic carbocycles. The van der Waals surface area contributed by atoms with Crippen molar-refractivity contribution in [3.8, 4) is 0 Å². The summed E-state index contributed by atoms with van der Waals surface area (Å²) in [6.45, 7) is 1.34. The second-order valence-corrected chi connectivity index (χ2v) is 7.88. The molecule has 2 aromatic heterocycles. The molecule has 0 bridgehead atoms. The van der Waals surface area contributed by atoms with Gasteiger partial charge in [0.15, 0.2) is 5.13 Å². The van der Waals surface area contributed by atoms with Gasteiger partial charge in [0.2, 0.25) is 0 Å². The summed E-state index contributed by atoms with van der Waals surface area (Å²) in [6.07, 6.45) is 9.55. The maximum atomic E-state index is 13.0. The van der Waals surface area contributed by atoms with Crippen LogP contribution in [0.3, 0.4) is 0 Å². The Labute approximate surface area is 177 Å². The first-order valence-corrected chi connectivity index (χ1v) is 10.5. The number of hydrogen-bond acceptors (Lipinski definition) is 4. The topological polar surface area (TPSA) is 51.0 Å². The molecule has 4 aromatic rings. The van der Waals surface area contributed by atoms with E-state index in [-0.39, 0.29) is 5.91 Å². The molecular weight excluding hydrogens is 404 g/mol. The van der Waals surface area contributed by atoms with E-state index in [1.807, 2.05) is 59.3 Å². The highest BCUT2D eigenvalue weighted by molar-refractivity contribution is 7.22. The Bertz CT molecular complexity index is 1100. The van der Waals surface area contributed by atoms with Crippen LogP contribution < -0.4 is 4.90 Å². The first kappa shape index (κ1) is 19.4. The SMILES string of the molecule is O=C(/C=C/c1ccccc1Cl)N(CCCn1ccnc1)c1nc2ccccc2s1. The van der Waals surface area contributed by atoms with Crippen LogP contribution in [0.2, 0.25) is 5.02 Å². The van der Waals surface area contributed by atoms with Gasteiger partial charge >= 0.3 is 0 Å². The Balaban J connectivity index is 1.56. The third-order valence-corrected chi connectivity index (χ3v) is 5.85. The zero-order chi connectivity index (χ0) is 20.1. The first-order valence-electron chi connectivity index (χ1n) is 9.26. The number of halogens is 1. The lowest BCUT2D eigenvalue weighted by Crippen LogP contribution is -2.30. The summed E-state index contributed by atoms with van der Waals surface area (Å²) >= 11 is 7.72. The molecule has 2 heterocycles. The Hall–Kier alpha value is -2.96. The molecular formula is C22H19ClN4OS. The van der Waals surface area contributed by atoms with Gasteiger partial charge in [0.1, 0.15) is 0 Å². The van der Waals surface area contributed by atoms with Crippen molar-refractivity contribution in [2.24, 2.45) is 0 Å². The lowest BCUT2D eigenvalue weighted by atomic mass is 10.2. The van der Waals surface area contributed by atoms with Gasteiger partial charge in [-0.2, -0.15) is 0 Å². The number of imidazole rings is 1. The second kappa shape index (κ2) is 9.03. The molecule has 0 fully saturated rings. The molecule has 29 heavy (non-hydrogen) atoms. The van der Waals surface area contributed by atoms with Gasteiger partial charge in [0, 0.05) is 36.6 Å². The third-order valence-electron chi connectivity index (χ3n) is 4.45. The van der Waals surface area contributed by atoms with Gasteiger partial charge in [-0.1, -0.05) is 53.3 Å². The zero-order valence-corrected chi connectivity index (χ0v) is 17.2. The molecule has 146 valence electrons. The molecule has 1 amide bonds. The third kappa shape index (κ3) is 4.72. The lowest BCUT2D eigenvalue weighted by molar-refractivity contribution is -0.114. The Morgan fingerprint density at radius 2 is 2.00 bits per heavy atom. The summed E-state index contributed by atoms with van der Waals surface area (Å²) in [5, 5.41) is 1.31. The summed E-state index contributed by atoms with van der Waals surface area (Å²) in [6, 6.07) is 15.4. The molecule has 0 aliphatic rings. The van der Waals surface area contributed by atoms with Gasteiger partial charge in [0.25, 0.3) is 5.91 Å². The molecule has 0 spiro atoms. The number of carbonyl (C=O) groups is 1. The summed E-state index contributed by atoms with van der Waals surface area (Å²) in [7, 11) is 0. The van der Waals surface area contributed by atoms with Gasteiger partial charge in [-0.3, -0.25) is 9.69 Å². The highest BCUT2D eigenvalue weighted by Crippen LogP contribution is 2.29. The maximum Gasteiger partial charge on any atom is 0.252 e. The Morgan fingerprint density at radius 3 is 2.79 bits per heavy atom. The number of hydrogen-bond donors (Lipinski definition) is 0. The van der Waals surface area contributed by atoms with Crippen molar-refractivity contribution in [2.75, 3.05) is 11.4 Å². The standard InChI is InChI=1S/C22H19ClN4OS/c23-18-7-2-1-6-17(18)10-11-21(28)27(14-5-13-26-15-12-24-16-26)22-25-19-8-3-4-9-20(19)29-22/h1-4,6-12,15-16H,5,13-14H2/b11-10+. The van der Waals surface area contributed by atoms with Gasteiger partial charge in [0.05, 0.1) is 16.5 Å². The minimum absolute atomic E-state index is 0.116. The number of aromatic nitrogens is 3. The zero-order valence-electron chi connectivity index (χ0n) is 15.6. The van der Waals surface area contributed by atoms with Crippen molar-refractivity contribution in [1.29, 1.82) is 0 Å². The monoisotopic (exact) mass is 422 g/mol. The molecule has 0 radical (unpaired) electrons. The van der Waals surface area contributed by atoms with Crippen molar-refractivity contribution in [1.82, 2.24) is 14.5 Å². The van der Waals surface area contributed by atoms with Gasteiger partial charge in [-0.05, 0) is 36.3 Å². The lowest BCUT2D eigenvalue weighted by Gasteiger charge is -2.18. The molecule has 0 aliphatic carbocycles. The highest BCUT2D eigenvalue weighted by atomic mass is 35.5. The largest absolute Gasteiger partial charge is 0.337 e. The van der Waals surface area contributed by atoms with E-state index >= 15 is 0 Å². The summed E-state index contributed by atoms with van der Waals surface area (Å²) in [5.41, 5.74) is 1.71. The number of rotatable bonds is 7. The number of fused-ring (bicyclic) bond motifs is 1. The van der Waals surface area contributed by atoms with Gasteiger partial charge in [-0.25, -0.2) is 9.97 Å². The molecule has 0 unspecified atom stereocenters. The summed E-state index contributed by atoms with van der Waals surface area (Å²) < 4.78 is 3.06. The van der Waals surface area contributed by atoms with Crippen LogP contribution in [0.25, 0.3) is 16.3 Å². The van der Waals surface area contributed by atoms with E-state index in [1.165, 1.54) is 11.3 Å². The minimum atomic E-state index is -0.116. The quantitative estimate of drug-likeness (QED) is 0.380. The Kier molecular flexibility index (Phi) is 6.03. The van der Waals surface area contributed by atoms with Crippen LogP contribution in [0.1, 0.15) is 12.0 Å². The average molecular weight is 423 g/mol. The molecule has 0 saturated carbocycles. The molecule has 7 heteroatoms. The minimum Gasteiger partial charge on any atom is -0.337 e. The number of para-hydroxylation sites is 1. The fraction of sp³-hybridized carbons (Fsp3) is 0.136. The number of aryl methyl sites for hydroxylation is 1. The normalized spacial score (nSPS) is 11.3. The molecule has 0 aliphatic heterocycles. The van der Waals surface area contributed by atoms with Gasteiger partial charge < -0.3 is 4.57 Å². The van der Waals surface area contributed by atoms with Crippen LogP contribution in [0.15, 0.2) is 73.3 Å².